The highest BCUT2D eigenvalue weighted by Crippen LogP contribution is 2.22. The molecule has 29 heavy (non-hydrogen) atoms. The minimum Gasteiger partial charge on any atom is -0.366 e. The molecule has 3 rings (SSSR count). The highest BCUT2D eigenvalue weighted by molar-refractivity contribution is 7.09. The van der Waals surface area contributed by atoms with Gasteiger partial charge in [-0.2, -0.15) is 0 Å². The summed E-state index contributed by atoms with van der Waals surface area (Å²) in [4.78, 5) is 23.0. The second-order valence-corrected chi connectivity index (χ2v) is 7.96. The highest BCUT2D eigenvalue weighted by atomic mass is 32.1. The summed E-state index contributed by atoms with van der Waals surface area (Å²) in [5.74, 6) is -0.319. The normalized spacial score (nSPS) is 14.8. The van der Waals surface area contributed by atoms with Crippen LogP contribution in [0.25, 0.3) is 0 Å². The number of anilines is 1. The van der Waals surface area contributed by atoms with Gasteiger partial charge in [0.15, 0.2) is 5.96 Å². The third kappa shape index (κ3) is 5.66. The van der Waals surface area contributed by atoms with E-state index in [4.69, 9.17) is 0 Å². The molecule has 1 aliphatic rings. The molecule has 0 bridgehead atoms. The maximum Gasteiger partial charge on any atom is 0.243 e. The van der Waals surface area contributed by atoms with Gasteiger partial charge in [-0.05, 0) is 23.6 Å². The maximum absolute atomic E-state index is 14.1. The Kier molecular flexibility index (Phi) is 7.03. The van der Waals surface area contributed by atoms with E-state index >= 15 is 0 Å². The van der Waals surface area contributed by atoms with Crippen LogP contribution in [0.15, 0.2) is 40.7 Å². The van der Waals surface area contributed by atoms with Crippen LogP contribution in [0.4, 0.5) is 14.5 Å². The average Bonchev–Trinajstić information content (AvgIpc) is 3.23. The Morgan fingerprint density at radius 1 is 1.21 bits per heavy atom. The van der Waals surface area contributed by atoms with Crippen LogP contribution in [0, 0.1) is 11.6 Å². The number of hydrogen-bond donors (Lipinski definition) is 1. The number of hydrogen-bond acceptors (Lipinski definition) is 4. The van der Waals surface area contributed by atoms with E-state index in [1.54, 1.807) is 25.4 Å². The summed E-state index contributed by atoms with van der Waals surface area (Å²) in [6.07, 6.45) is 0. The first-order valence-electron chi connectivity index (χ1n) is 9.40. The van der Waals surface area contributed by atoms with Gasteiger partial charge in [-0.25, -0.2) is 13.8 Å². The first-order chi connectivity index (χ1) is 13.9. The van der Waals surface area contributed by atoms with Gasteiger partial charge >= 0.3 is 0 Å². The standard InChI is InChI=1S/C20H25F2N5OS/c1-25(2)19(28)14-24-20(23-13-16-4-3-11-29-16)27-9-7-26(8-10-27)18-12-15(21)5-6-17(18)22/h3-6,11-12H,7-10,13-14H2,1-2H3,(H,23,24). The predicted octanol–water partition coefficient (Wildman–Crippen LogP) is 2.38. The van der Waals surface area contributed by atoms with Crippen molar-refractivity contribution >= 4 is 28.9 Å². The summed E-state index contributed by atoms with van der Waals surface area (Å²) >= 11 is 1.64. The second kappa shape index (κ2) is 9.69. The number of piperazine rings is 1. The molecule has 6 nitrogen and oxygen atoms in total. The van der Waals surface area contributed by atoms with E-state index in [0.29, 0.717) is 38.7 Å². The monoisotopic (exact) mass is 421 g/mol. The van der Waals surface area contributed by atoms with Gasteiger partial charge in [0.1, 0.15) is 18.2 Å². The van der Waals surface area contributed by atoms with Crippen molar-refractivity contribution in [3.05, 3.63) is 52.2 Å². The van der Waals surface area contributed by atoms with Gasteiger partial charge in [-0.3, -0.25) is 4.79 Å². The summed E-state index contributed by atoms with van der Waals surface area (Å²) in [6, 6.07) is 7.52. The molecule has 9 heteroatoms. The van der Waals surface area contributed by atoms with Crippen LogP contribution in [0.1, 0.15) is 4.88 Å². The van der Waals surface area contributed by atoms with Crippen molar-refractivity contribution in [2.45, 2.75) is 6.54 Å². The zero-order chi connectivity index (χ0) is 20.8. The van der Waals surface area contributed by atoms with Crippen molar-refractivity contribution in [1.29, 1.82) is 0 Å². The molecule has 1 saturated heterocycles. The van der Waals surface area contributed by atoms with Crippen molar-refractivity contribution in [3.63, 3.8) is 0 Å². The summed E-state index contributed by atoms with van der Waals surface area (Å²) in [5.41, 5.74) is 0.275. The van der Waals surface area contributed by atoms with Crippen molar-refractivity contribution in [2.24, 2.45) is 4.99 Å². The first-order valence-corrected chi connectivity index (χ1v) is 10.3. The van der Waals surface area contributed by atoms with Crippen molar-refractivity contribution in [3.8, 4) is 0 Å². The summed E-state index contributed by atoms with van der Waals surface area (Å²) in [6.45, 7) is 2.90. The fraction of sp³-hybridized carbons (Fsp3) is 0.400. The summed E-state index contributed by atoms with van der Waals surface area (Å²) in [5, 5.41) is 5.33. The Bertz CT molecular complexity index is 849. The lowest BCUT2D eigenvalue weighted by atomic mass is 10.2. The van der Waals surface area contributed by atoms with Gasteiger partial charge in [0.25, 0.3) is 0 Å². The van der Waals surface area contributed by atoms with Crippen LogP contribution in [0.3, 0.4) is 0 Å². The number of guanidine groups is 1. The molecule has 0 unspecified atom stereocenters. The molecule has 0 spiro atoms. The Balaban J connectivity index is 1.67. The molecule has 1 fully saturated rings. The molecule has 0 saturated carbocycles. The number of carbonyl (C=O) groups excluding carboxylic acids is 1. The highest BCUT2D eigenvalue weighted by Gasteiger charge is 2.22. The number of rotatable bonds is 5. The zero-order valence-corrected chi connectivity index (χ0v) is 17.4. The molecule has 2 heterocycles. The number of benzene rings is 1. The fourth-order valence-electron chi connectivity index (χ4n) is 3.02. The molecule has 0 radical (unpaired) electrons. The lowest BCUT2D eigenvalue weighted by Gasteiger charge is -2.37. The minimum absolute atomic E-state index is 0.0541. The third-order valence-electron chi connectivity index (χ3n) is 4.69. The molecule has 0 atom stereocenters. The van der Waals surface area contributed by atoms with Crippen molar-refractivity contribution < 1.29 is 13.6 Å². The zero-order valence-electron chi connectivity index (χ0n) is 16.6. The van der Waals surface area contributed by atoms with Crippen LogP contribution in [-0.4, -0.2) is 68.5 Å². The Morgan fingerprint density at radius 2 is 1.97 bits per heavy atom. The number of thiophene rings is 1. The van der Waals surface area contributed by atoms with Crippen LogP contribution >= 0.6 is 11.3 Å². The van der Waals surface area contributed by atoms with Crippen LogP contribution in [0.5, 0.6) is 0 Å². The smallest absolute Gasteiger partial charge is 0.243 e. The van der Waals surface area contributed by atoms with Crippen molar-refractivity contribution in [1.82, 2.24) is 15.1 Å². The van der Waals surface area contributed by atoms with Crippen molar-refractivity contribution in [2.75, 3.05) is 51.7 Å². The average molecular weight is 422 g/mol. The van der Waals surface area contributed by atoms with E-state index in [0.717, 1.165) is 17.0 Å². The lowest BCUT2D eigenvalue weighted by Crippen LogP contribution is -2.52. The molecule has 1 aromatic heterocycles. The van der Waals surface area contributed by atoms with Gasteiger partial charge in [-0.15, -0.1) is 11.3 Å². The van der Waals surface area contributed by atoms with E-state index in [1.807, 2.05) is 27.3 Å². The topological polar surface area (TPSA) is 51.2 Å². The van der Waals surface area contributed by atoms with E-state index in [-0.39, 0.29) is 18.1 Å². The Hall–Kier alpha value is -2.68. The van der Waals surface area contributed by atoms with E-state index < -0.39 is 11.6 Å². The number of amides is 1. The molecular formula is C20H25F2N5OS. The van der Waals surface area contributed by atoms with Crippen LogP contribution < -0.4 is 10.2 Å². The molecular weight excluding hydrogens is 396 g/mol. The Morgan fingerprint density at radius 3 is 2.62 bits per heavy atom. The Labute approximate surface area is 173 Å². The minimum atomic E-state index is -0.453. The number of likely N-dealkylation sites (N-methyl/N-ethyl adjacent to an activating group) is 1. The van der Waals surface area contributed by atoms with Gasteiger partial charge < -0.3 is 20.0 Å². The number of carbonyl (C=O) groups is 1. The van der Waals surface area contributed by atoms with Crippen LogP contribution in [-0.2, 0) is 11.3 Å². The largest absolute Gasteiger partial charge is 0.366 e. The molecule has 2 aromatic rings. The SMILES string of the molecule is CN(C)C(=O)CN=C(NCc1cccs1)N1CCN(c2cc(F)ccc2F)CC1. The fourth-order valence-corrected chi connectivity index (χ4v) is 3.66. The van der Waals surface area contributed by atoms with Crippen LogP contribution in [0.2, 0.25) is 0 Å². The predicted molar refractivity (Wildman–Crippen MR) is 112 cm³/mol. The van der Waals surface area contributed by atoms with E-state index in [9.17, 15) is 13.6 Å². The number of nitrogens with one attached hydrogen (secondary N) is 1. The second-order valence-electron chi connectivity index (χ2n) is 6.93. The van der Waals surface area contributed by atoms with Gasteiger partial charge in [-0.1, -0.05) is 6.07 Å². The quantitative estimate of drug-likeness (QED) is 0.595. The summed E-state index contributed by atoms with van der Waals surface area (Å²) < 4.78 is 27.6. The molecule has 1 aliphatic heterocycles. The van der Waals surface area contributed by atoms with Gasteiger partial charge in [0.05, 0.1) is 12.2 Å². The lowest BCUT2D eigenvalue weighted by molar-refractivity contribution is -0.127. The molecule has 1 amide bonds. The van der Waals surface area contributed by atoms with Gasteiger partial charge in [0.2, 0.25) is 5.91 Å². The molecule has 1 N–H and O–H groups in total. The molecule has 1 aromatic carbocycles. The first kappa shape index (κ1) is 21.0. The van der Waals surface area contributed by atoms with E-state index in [1.165, 1.54) is 11.0 Å². The number of nitrogens with zero attached hydrogens (tertiary/aromatic N) is 4. The van der Waals surface area contributed by atoms with E-state index in [2.05, 4.69) is 10.3 Å². The number of aliphatic imine (C=N–C) groups is 1. The molecule has 0 aliphatic carbocycles. The molecule has 156 valence electrons. The third-order valence-corrected chi connectivity index (χ3v) is 5.57. The maximum atomic E-state index is 14.1. The number of halogens is 2. The summed E-state index contributed by atoms with van der Waals surface area (Å²) in [7, 11) is 3.39. The van der Waals surface area contributed by atoms with Gasteiger partial charge in [0, 0.05) is 51.2 Å².